The second-order valence-corrected chi connectivity index (χ2v) is 4.18. The number of hydrogen-bond acceptors (Lipinski definition) is 3. The minimum Gasteiger partial charge on any atom is -0.389 e. The van der Waals surface area contributed by atoms with Crippen molar-refractivity contribution in [3.63, 3.8) is 0 Å². The molecule has 0 saturated heterocycles. The average Bonchev–Trinajstić information content (AvgIpc) is 2.31. The van der Waals surface area contributed by atoms with Crippen LogP contribution in [-0.4, -0.2) is 30.7 Å². The summed E-state index contributed by atoms with van der Waals surface area (Å²) in [7, 11) is 0. The summed E-state index contributed by atoms with van der Waals surface area (Å²) in [6.07, 6.45) is 9.25. The van der Waals surface area contributed by atoms with Gasteiger partial charge in [0.25, 0.3) is 0 Å². The zero-order valence-corrected chi connectivity index (χ0v) is 10.5. The van der Waals surface area contributed by atoms with Gasteiger partial charge in [-0.25, -0.2) is 0 Å². The van der Waals surface area contributed by atoms with Gasteiger partial charge in [0.1, 0.15) is 6.61 Å². The normalized spacial score (nSPS) is 10.6. The average molecular weight is 230 g/mol. The third-order valence-electron chi connectivity index (χ3n) is 2.59. The summed E-state index contributed by atoms with van der Waals surface area (Å²) in [5.41, 5.74) is 0. The van der Waals surface area contributed by atoms with E-state index in [1.165, 1.54) is 38.5 Å². The summed E-state index contributed by atoms with van der Waals surface area (Å²) < 4.78 is 5.30. The first kappa shape index (κ1) is 15.6. The number of ketones is 1. The molecule has 0 spiro atoms. The molecule has 0 fully saturated rings. The van der Waals surface area contributed by atoms with Gasteiger partial charge in [-0.15, -0.1) is 0 Å². The van der Waals surface area contributed by atoms with E-state index in [1.807, 2.05) is 0 Å². The second-order valence-electron chi connectivity index (χ2n) is 4.18. The lowest BCUT2D eigenvalue weighted by atomic mass is 10.1. The van der Waals surface area contributed by atoms with Gasteiger partial charge in [0.15, 0.2) is 5.78 Å². The third kappa shape index (κ3) is 11.7. The van der Waals surface area contributed by atoms with Crippen molar-refractivity contribution >= 4 is 5.78 Å². The predicted octanol–water partition coefficient (Wildman–Crippen LogP) is 2.71. The van der Waals surface area contributed by atoms with E-state index in [4.69, 9.17) is 9.84 Å². The third-order valence-corrected chi connectivity index (χ3v) is 2.59. The highest BCUT2D eigenvalue weighted by molar-refractivity contribution is 5.79. The molecule has 0 aliphatic rings. The van der Waals surface area contributed by atoms with Crippen LogP contribution in [0.15, 0.2) is 0 Å². The molecule has 0 unspecified atom stereocenters. The smallest absolute Gasteiger partial charge is 0.160 e. The molecule has 0 aromatic carbocycles. The Kier molecular flexibility index (Phi) is 12.3. The maximum Gasteiger partial charge on any atom is 0.160 e. The van der Waals surface area contributed by atoms with E-state index >= 15 is 0 Å². The summed E-state index contributed by atoms with van der Waals surface area (Å²) in [4.78, 5) is 10.7. The van der Waals surface area contributed by atoms with Crippen LogP contribution in [0.2, 0.25) is 0 Å². The molecule has 3 heteroatoms. The van der Waals surface area contributed by atoms with Gasteiger partial charge in [-0.3, -0.25) is 4.79 Å². The quantitative estimate of drug-likeness (QED) is 0.524. The summed E-state index contributed by atoms with van der Waals surface area (Å²) in [6.45, 7) is 3.06. The molecule has 0 heterocycles. The largest absolute Gasteiger partial charge is 0.389 e. The monoisotopic (exact) mass is 230 g/mol. The number of carbonyl (C=O) groups excluding carboxylic acids is 1. The topological polar surface area (TPSA) is 46.5 Å². The minimum absolute atomic E-state index is 0.139. The van der Waals surface area contributed by atoms with Crippen molar-refractivity contribution in [2.45, 2.75) is 58.3 Å². The standard InChI is InChI=1S/C13H26O3/c1-2-3-4-5-6-7-8-10-16-11-9-13(15)12-14/h14H,2-12H2,1H3. The summed E-state index contributed by atoms with van der Waals surface area (Å²) >= 11 is 0. The molecular formula is C13H26O3. The Morgan fingerprint density at radius 1 is 1.00 bits per heavy atom. The van der Waals surface area contributed by atoms with Crippen LogP contribution >= 0.6 is 0 Å². The lowest BCUT2D eigenvalue weighted by Gasteiger charge is -2.03. The van der Waals surface area contributed by atoms with Crippen LogP contribution in [0.5, 0.6) is 0 Å². The molecule has 96 valence electrons. The van der Waals surface area contributed by atoms with E-state index in [9.17, 15) is 4.79 Å². The van der Waals surface area contributed by atoms with Crippen LogP contribution in [0.25, 0.3) is 0 Å². The van der Waals surface area contributed by atoms with E-state index in [-0.39, 0.29) is 12.4 Å². The first-order valence-electron chi connectivity index (χ1n) is 6.51. The number of unbranched alkanes of at least 4 members (excludes halogenated alkanes) is 6. The molecule has 0 rings (SSSR count). The first-order valence-corrected chi connectivity index (χ1v) is 6.51. The summed E-state index contributed by atoms with van der Waals surface area (Å²) in [5.74, 6) is -0.139. The van der Waals surface area contributed by atoms with Gasteiger partial charge in [-0.2, -0.15) is 0 Å². The number of rotatable bonds is 12. The van der Waals surface area contributed by atoms with Gasteiger partial charge >= 0.3 is 0 Å². The molecule has 0 aromatic rings. The molecule has 0 aliphatic heterocycles. The lowest BCUT2D eigenvalue weighted by Crippen LogP contribution is -2.08. The van der Waals surface area contributed by atoms with Crippen LogP contribution in [0.1, 0.15) is 58.3 Å². The Bertz CT molecular complexity index is 157. The Balaban J connectivity index is 2.96. The van der Waals surface area contributed by atoms with Gasteiger partial charge in [0, 0.05) is 13.0 Å². The van der Waals surface area contributed by atoms with Crippen molar-refractivity contribution in [1.82, 2.24) is 0 Å². The number of ether oxygens (including phenoxy) is 1. The fourth-order valence-electron chi connectivity index (χ4n) is 1.53. The van der Waals surface area contributed by atoms with Gasteiger partial charge in [0.2, 0.25) is 0 Å². The SMILES string of the molecule is CCCCCCCCCOCCC(=O)CO. The van der Waals surface area contributed by atoms with Crippen molar-refractivity contribution in [2.75, 3.05) is 19.8 Å². The number of Topliss-reactive ketones (excluding diaryl/α,β-unsaturated/α-hetero) is 1. The van der Waals surface area contributed by atoms with E-state index < -0.39 is 0 Å². The maximum absolute atomic E-state index is 10.7. The Labute approximate surface area is 99.2 Å². The molecule has 1 N–H and O–H groups in total. The summed E-state index contributed by atoms with van der Waals surface area (Å²) in [5, 5.41) is 8.47. The van der Waals surface area contributed by atoms with E-state index in [2.05, 4.69) is 6.92 Å². The van der Waals surface area contributed by atoms with Gasteiger partial charge in [0.05, 0.1) is 6.61 Å². The number of carbonyl (C=O) groups is 1. The first-order chi connectivity index (χ1) is 7.81. The molecule has 0 radical (unpaired) electrons. The molecule has 0 saturated carbocycles. The predicted molar refractivity (Wildman–Crippen MR) is 65.5 cm³/mol. The number of hydrogen-bond donors (Lipinski definition) is 1. The van der Waals surface area contributed by atoms with Crippen LogP contribution < -0.4 is 0 Å². The molecule has 0 atom stereocenters. The number of aliphatic hydroxyl groups is 1. The molecule has 3 nitrogen and oxygen atoms in total. The highest BCUT2D eigenvalue weighted by Gasteiger charge is 1.98. The van der Waals surface area contributed by atoms with Crippen LogP contribution in [0.4, 0.5) is 0 Å². The fraction of sp³-hybridized carbons (Fsp3) is 0.923. The summed E-state index contributed by atoms with van der Waals surface area (Å²) in [6, 6.07) is 0. The van der Waals surface area contributed by atoms with Gasteiger partial charge in [-0.05, 0) is 6.42 Å². The molecular weight excluding hydrogens is 204 g/mol. The molecule has 16 heavy (non-hydrogen) atoms. The van der Waals surface area contributed by atoms with Gasteiger partial charge in [-0.1, -0.05) is 45.4 Å². The highest BCUT2D eigenvalue weighted by Crippen LogP contribution is 2.06. The van der Waals surface area contributed by atoms with Crippen LogP contribution in [-0.2, 0) is 9.53 Å². The van der Waals surface area contributed by atoms with Crippen LogP contribution in [0, 0.1) is 0 Å². The second kappa shape index (κ2) is 12.7. The highest BCUT2D eigenvalue weighted by atomic mass is 16.5. The fourth-order valence-corrected chi connectivity index (χ4v) is 1.53. The van der Waals surface area contributed by atoms with Crippen molar-refractivity contribution in [3.8, 4) is 0 Å². The minimum atomic E-state index is -0.360. The zero-order valence-electron chi connectivity index (χ0n) is 10.5. The van der Waals surface area contributed by atoms with Crippen LogP contribution in [0.3, 0.4) is 0 Å². The van der Waals surface area contributed by atoms with Crippen molar-refractivity contribution < 1.29 is 14.6 Å². The van der Waals surface area contributed by atoms with Crippen molar-refractivity contribution in [2.24, 2.45) is 0 Å². The van der Waals surface area contributed by atoms with Crippen molar-refractivity contribution in [1.29, 1.82) is 0 Å². The molecule has 0 aromatic heterocycles. The molecule has 0 amide bonds. The Hall–Kier alpha value is -0.410. The van der Waals surface area contributed by atoms with E-state index in [1.54, 1.807) is 0 Å². The zero-order chi connectivity index (χ0) is 12.1. The molecule has 0 aliphatic carbocycles. The van der Waals surface area contributed by atoms with E-state index in [0.29, 0.717) is 13.0 Å². The lowest BCUT2D eigenvalue weighted by molar-refractivity contribution is -0.122. The Morgan fingerprint density at radius 2 is 1.62 bits per heavy atom. The van der Waals surface area contributed by atoms with Gasteiger partial charge < -0.3 is 9.84 Å². The number of aliphatic hydroxyl groups excluding tert-OH is 1. The van der Waals surface area contributed by atoms with E-state index in [0.717, 1.165) is 13.0 Å². The van der Waals surface area contributed by atoms with Crippen molar-refractivity contribution in [3.05, 3.63) is 0 Å². The maximum atomic E-state index is 10.7. The molecule has 0 bridgehead atoms. The Morgan fingerprint density at radius 3 is 2.25 bits per heavy atom.